The van der Waals surface area contributed by atoms with Gasteiger partial charge in [0.15, 0.2) is 6.29 Å². The Labute approximate surface area is 74.2 Å². The minimum absolute atomic E-state index is 0.0222. The fraction of sp³-hybridized carbons (Fsp3) is 1.00. The van der Waals surface area contributed by atoms with Crippen LogP contribution in [-0.2, 0) is 9.47 Å². The van der Waals surface area contributed by atoms with Crippen molar-refractivity contribution in [2.45, 2.75) is 26.6 Å². The summed E-state index contributed by atoms with van der Waals surface area (Å²) < 4.78 is 10.7. The minimum atomic E-state index is 0.0222. The molecule has 2 N–H and O–H groups in total. The van der Waals surface area contributed by atoms with Gasteiger partial charge in [-0.2, -0.15) is 0 Å². The number of rotatable bonds is 4. The van der Waals surface area contributed by atoms with Crippen LogP contribution in [0.25, 0.3) is 0 Å². The highest BCUT2D eigenvalue weighted by Crippen LogP contribution is 2.20. The molecule has 0 aromatic carbocycles. The first-order chi connectivity index (χ1) is 5.74. The van der Waals surface area contributed by atoms with Gasteiger partial charge in [0.05, 0.1) is 13.2 Å². The Hall–Kier alpha value is -0.120. The van der Waals surface area contributed by atoms with E-state index in [4.69, 9.17) is 15.2 Å². The highest BCUT2D eigenvalue weighted by atomic mass is 16.7. The molecule has 0 aromatic heterocycles. The van der Waals surface area contributed by atoms with Crippen molar-refractivity contribution >= 4 is 0 Å². The summed E-state index contributed by atoms with van der Waals surface area (Å²) in [5.74, 6) is 1.14. The van der Waals surface area contributed by atoms with Crippen LogP contribution in [0, 0.1) is 11.8 Å². The van der Waals surface area contributed by atoms with E-state index in [-0.39, 0.29) is 6.29 Å². The Bertz CT molecular complexity index is 124. The molecular weight excluding hydrogens is 154 g/mol. The molecule has 1 fully saturated rings. The van der Waals surface area contributed by atoms with E-state index in [1.54, 1.807) is 0 Å². The summed E-state index contributed by atoms with van der Waals surface area (Å²) in [6.07, 6.45) is 0.993. The first-order valence-electron chi connectivity index (χ1n) is 4.67. The molecule has 0 aliphatic carbocycles. The van der Waals surface area contributed by atoms with Gasteiger partial charge in [-0.15, -0.1) is 0 Å². The largest absolute Gasteiger partial charge is 0.350 e. The predicted molar refractivity (Wildman–Crippen MR) is 47.7 cm³/mol. The van der Waals surface area contributed by atoms with Crippen molar-refractivity contribution in [2.24, 2.45) is 17.6 Å². The third kappa shape index (κ3) is 2.73. The van der Waals surface area contributed by atoms with Crippen LogP contribution >= 0.6 is 0 Å². The lowest BCUT2D eigenvalue weighted by molar-refractivity contribution is -0.0592. The average molecular weight is 173 g/mol. The zero-order valence-electron chi connectivity index (χ0n) is 7.95. The average Bonchev–Trinajstić information content (AvgIpc) is 2.55. The molecule has 0 aromatic rings. The number of ether oxygens (including phenoxy) is 2. The molecule has 3 heteroatoms. The van der Waals surface area contributed by atoms with Gasteiger partial charge in [-0.25, -0.2) is 0 Å². The van der Waals surface area contributed by atoms with Gasteiger partial charge in [-0.1, -0.05) is 13.8 Å². The van der Waals surface area contributed by atoms with Gasteiger partial charge >= 0.3 is 0 Å². The van der Waals surface area contributed by atoms with Crippen LogP contribution in [-0.4, -0.2) is 26.0 Å². The van der Waals surface area contributed by atoms with Gasteiger partial charge in [0, 0.05) is 6.42 Å². The van der Waals surface area contributed by atoms with Crippen molar-refractivity contribution in [3.8, 4) is 0 Å². The van der Waals surface area contributed by atoms with E-state index >= 15 is 0 Å². The van der Waals surface area contributed by atoms with E-state index in [2.05, 4.69) is 13.8 Å². The Morgan fingerprint density at radius 2 is 1.83 bits per heavy atom. The van der Waals surface area contributed by atoms with Gasteiger partial charge in [-0.05, 0) is 18.4 Å². The molecule has 12 heavy (non-hydrogen) atoms. The SMILES string of the molecule is CC(CN)C(C)CC1OCCO1. The summed E-state index contributed by atoms with van der Waals surface area (Å²) in [6, 6.07) is 0. The Morgan fingerprint density at radius 1 is 1.25 bits per heavy atom. The van der Waals surface area contributed by atoms with Gasteiger partial charge in [0.1, 0.15) is 0 Å². The molecule has 1 rings (SSSR count). The number of hydrogen-bond donors (Lipinski definition) is 1. The van der Waals surface area contributed by atoms with E-state index in [0.717, 1.165) is 26.2 Å². The molecule has 72 valence electrons. The van der Waals surface area contributed by atoms with Crippen LogP contribution in [0.2, 0.25) is 0 Å². The molecule has 1 aliphatic rings. The zero-order chi connectivity index (χ0) is 8.97. The second kappa shape index (κ2) is 4.80. The predicted octanol–water partition coefficient (Wildman–Crippen LogP) is 0.980. The molecule has 0 saturated carbocycles. The summed E-state index contributed by atoms with van der Waals surface area (Å²) in [5, 5.41) is 0. The second-order valence-electron chi connectivity index (χ2n) is 3.60. The summed E-state index contributed by atoms with van der Waals surface area (Å²) in [5.41, 5.74) is 5.57. The van der Waals surface area contributed by atoms with Crippen molar-refractivity contribution in [3.05, 3.63) is 0 Å². The van der Waals surface area contributed by atoms with Gasteiger partial charge in [-0.3, -0.25) is 0 Å². The summed E-state index contributed by atoms with van der Waals surface area (Å²) in [7, 11) is 0. The molecule has 0 spiro atoms. The Kier molecular flexibility index (Phi) is 3.98. The molecule has 2 atom stereocenters. The quantitative estimate of drug-likeness (QED) is 0.689. The van der Waals surface area contributed by atoms with Crippen LogP contribution in [0.4, 0.5) is 0 Å². The highest BCUT2D eigenvalue weighted by molar-refractivity contribution is 4.65. The van der Waals surface area contributed by atoms with E-state index in [9.17, 15) is 0 Å². The van der Waals surface area contributed by atoms with Crippen LogP contribution in [0.3, 0.4) is 0 Å². The second-order valence-corrected chi connectivity index (χ2v) is 3.60. The first-order valence-corrected chi connectivity index (χ1v) is 4.67. The molecule has 0 bridgehead atoms. The van der Waals surface area contributed by atoms with E-state index in [1.807, 2.05) is 0 Å². The van der Waals surface area contributed by atoms with Crippen LogP contribution < -0.4 is 5.73 Å². The molecule has 0 amide bonds. The monoisotopic (exact) mass is 173 g/mol. The Balaban J connectivity index is 2.19. The fourth-order valence-electron chi connectivity index (χ4n) is 1.31. The molecule has 1 aliphatic heterocycles. The van der Waals surface area contributed by atoms with E-state index < -0.39 is 0 Å². The number of nitrogens with two attached hydrogens (primary N) is 1. The lowest BCUT2D eigenvalue weighted by Gasteiger charge is -2.20. The van der Waals surface area contributed by atoms with Crippen molar-refractivity contribution in [1.82, 2.24) is 0 Å². The standard InChI is InChI=1S/C9H19NO2/c1-7(8(2)6-10)5-9-11-3-4-12-9/h7-9H,3-6,10H2,1-2H3. The van der Waals surface area contributed by atoms with Gasteiger partial charge in [0.2, 0.25) is 0 Å². The molecule has 2 unspecified atom stereocenters. The molecule has 1 saturated heterocycles. The normalized spacial score (nSPS) is 24.2. The van der Waals surface area contributed by atoms with Crippen LogP contribution in [0.15, 0.2) is 0 Å². The maximum absolute atomic E-state index is 5.57. The topological polar surface area (TPSA) is 44.5 Å². The van der Waals surface area contributed by atoms with Crippen LogP contribution in [0.1, 0.15) is 20.3 Å². The van der Waals surface area contributed by atoms with Crippen molar-refractivity contribution < 1.29 is 9.47 Å². The third-order valence-electron chi connectivity index (χ3n) is 2.60. The number of hydrogen-bond acceptors (Lipinski definition) is 3. The maximum atomic E-state index is 5.57. The summed E-state index contributed by atoms with van der Waals surface area (Å²) >= 11 is 0. The van der Waals surface area contributed by atoms with Crippen molar-refractivity contribution in [2.75, 3.05) is 19.8 Å². The van der Waals surface area contributed by atoms with Gasteiger partial charge in [0.25, 0.3) is 0 Å². The van der Waals surface area contributed by atoms with E-state index in [0.29, 0.717) is 11.8 Å². The van der Waals surface area contributed by atoms with Gasteiger partial charge < -0.3 is 15.2 Å². The zero-order valence-corrected chi connectivity index (χ0v) is 7.95. The molecular formula is C9H19NO2. The fourth-order valence-corrected chi connectivity index (χ4v) is 1.31. The summed E-state index contributed by atoms with van der Waals surface area (Å²) in [4.78, 5) is 0. The Morgan fingerprint density at radius 3 is 2.33 bits per heavy atom. The molecule has 3 nitrogen and oxygen atoms in total. The smallest absolute Gasteiger partial charge is 0.158 e. The lowest BCUT2D eigenvalue weighted by atomic mass is 9.93. The highest BCUT2D eigenvalue weighted by Gasteiger charge is 2.21. The molecule has 1 heterocycles. The maximum Gasteiger partial charge on any atom is 0.158 e. The van der Waals surface area contributed by atoms with Crippen molar-refractivity contribution in [3.63, 3.8) is 0 Å². The van der Waals surface area contributed by atoms with Crippen molar-refractivity contribution in [1.29, 1.82) is 0 Å². The summed E-state index contributed by atoms with van der Waals surface area (Å²) in [6.45, 7) is 6.60. The first kappa shape index (κ1) is 9.96. The van der Waals surface area contributed by atoms with E-state index in [1.165, 1.54) is 0 Å². The molecule has 0 radical (unpaired) electrons. The van der Waals surface area contributed by atoms with Crippen LogP contribution in [0.5, 0.6) is 0 Å². The minimum Gasteiger partial charge on any atom is -0.350 e. The third-order valence-corrected chi connectivity index (χ3v) is 2.60. The lowest BCUT2D eigenvalue weighted by Crippen LogP contribution is -2.23.